The lowest BCUT2D eigenvalue weighted by molar-refractivity contribution is -0.189. The maximum atomic E-state index is 13.7. The summed E-state index contributed by atoms with van der Waals surface area (Å²) >= 11 is 0. The second-order valence-corrected chi connectivity index (χ2v) is 9.94. The molecule has 6 nitrogen and oxygen atoms in total. The van der Waals surface area contributed by atoms with Gasteiger partial charge in [-0.15, -0.1) is 0 Å². The van der Waals surface area contributed by atoms with Crippen molar-refractivity contribution in [2.75, 3.05) is 25.2 Å². The molecule has 4 aliphatic carbocycles. The first-order valence-electron chi connectivity index (χ1n) is 10.3. The van der Waals surface area contributed by atoms with Crippen LogP contribution in [0.1, 0.15) is 37.7 Å². The topological polar surface area (TPSA) is 71.0 Å². The van der Waals surface area contributed by atoms with Crippen molar-refractivity contribution in [3.05, 3.63) is 17.7 Å². The summed E-state index contributed by atoms with van der Waals surface area (Å²) in [5.41, 5.74) is 0.0527. The smallest absolute Gasteiger partial charge is 0.231 e. The highest BCUT2D eigenvalue weighted by atomic mass is 16.7. The van der Waals surface area contributed by atoms with Gasteiger partial charge in [0.2, 0.25) is 6.79 Å². The number of piperidine rings is 1. The molecule has 6 atom stereocenters. The molecule has 3 spiro atoms. The summed E-state index contributed by atoms with van der Waals surface area (Å²) in [6.45, 7) is 2.11. The van der Waals surface area contributed by atoms with E-state index in [2.05, 4.69) is 16.3 Å². The van der Waals surface area contributed by atoms with Crippen LogP contribution in [0, 0.1) is 11.3 Å². The van der Waals surface area contributed by atoms with E-state index in [0.717, 1.165) is 49.5 Å². The van der Waals surface area contributed by atoms with Crippen molar-refractivity contribution < 1.29 is 19.4 Å². The van der Waals surface area contributed by atoms with Gasteiger partial charge in [-0.25, -0.2) is 0 Å². The Morgan fingerprint density at radius 3 is 3.07 bits per heavy atom. The van der Waals surface area contributed by atoms with Gasteiger partial charge < -0.3 is 19.9 Å². The summed E-state index contributed by atoms with van der Waals surface area (Å²) in [7, 11) is 0. The largest absolute Gasteiger partial charge is 0.454 e. The summed E-state index contributed by atoms with van der Waals surface area (Å²) in [6.07, 6.45) is 4.89. The van der Waals surface area contributed by atoms with E-state index in [9.17, 15) is 9.90 Å². The Hall–Kier alpha value is -1.79. The van der Waals surface area contributed by atoms with Gasteiger partial charge in [-0.1, -0.05) is 6.07 Å². The molecule has 4 heterocycles. The number of benzene rings is 1. The Balaban J connectivity index is 1.52. The van der Waals surface area contributed by atoms with Crippen LogP contribution in [0.2, 0.25) is 0 Å². The molecule has 9 rings (SSSR count). The highest BCUT2D eigenvalue weighted by Gasteiger charge is 2.91. The predicted octanol–water partition coefficient (Wildman–Crippen LogP) is 1.41. The molecule has 0 radical (unpaired) electrons. The van der Waals surface area contributed by atoms with Gasteiger partial charge in [-0.2, -0.15) is 0 Å². The maximum Gasteiger partial charge on any atom is 0.231 e. The number of nitrogens with zero attached hydrogens (tertiary/aromatic N) is 1. The molecule has 0 aromatic heterocycles. The highest BCUT2D eigenvalue weighted by Crippen LogP contribution is 2.81. The number of Topliss-reactive ketones (excluding diaryl/α,β-unsaturated/α-hetero) is 1. The van der Waals surface area contributed by atoms with Crippen molar-refractivity contribution in [3.63, 3.8) is 0 Å². The maximum absolute atomic E-state index is 13.7. The average Bonchev–Trinajstić information content (AvgIpc) is 3.36. The number of anilines is 1. The molecule has 4 saturated carbocycles. The third-order valence-electron chi connectivity index (χ3n) is 9.53. The van der Waals surface area contributed by atoms with E-state index in [1.54, 1.807) is 0 Å². The third-order valence-corrected chi connectivity index (χ3v) is 9.53. The second-order valence-electron chi connectivity index (χ2n) is 9.94. The quantitative estimate of drug-likeness (QED) is 0.724. The summed E-state index contributed by atoms with van der Waals surface area (Å²) in [5.74, 6) is 1.51. The minimum atomic E-state index is -1.26. The van der Waals surface area contributed by atoms with Crippen molar-refractivity contribution in [3.8, 4) is 11.5 Å². The number of ether oxygens (including phenoxy) is 2. The highest BCUT2D eigenvalue weighted by molar-refractivity contribution is 6.03. The zero-order valence-electron chi connectivity index (χ0n) is 15.1. The lowest BCUT2D eigenvalue weighted by atomic mass is 9.40. The standard InChI is InChI=1S/C21H22N2O4/c24-16-12-8-23-7-1-4-18-5-6-20(19(16,25)9-18)21(12,17(18)23)11-2-3-13-15(14(11)22-20)27-10-26-13/h2-3,12,17,22,25H,1,4-10H2/t12?,17-,18?,19?,20?,21-/m0/s1. The zero-order chi connectivity index (χ0) is 17.8. The van der Waals surface area contributed by atoms with E-state index in [0.29, 0.717) is 12.5 Å². The number of aliphatic hydroxyl groups is 1. The SMILES string of the molecule is O=C1C2CN3CCCC45CCC6(Nc7c(ccc8c7OCO8)[C@@]26[C@@H]34)C1(O)C5. The number of hydrogen-bond acceptors (Lipinski definition) is 6. The number of rotatable bonds is 0. The molecule has 6 fully saturated rings. The lowest BCUT2D eigenvalue weighted by Gasteiger charge is -2.68. The van der Waals surface area contributed by atoms with Crippen molar-refractivity contribution in [2.45, 2.75) is 54.7 Å². The van der Waals surface area contributed by atoms with Crippen LogP contribution in [0.4, 0.5) is 5.69 Å². The molecule has 4 unspecified atom stereocenters. The Kier molecular flexibility index (Phi) is 1.96. The lowest BCUT2D eigenvalue weighted by Crippen LogP contribution is -2.80. The number of carbonyl (C=O) groups excluding carboxylic acids is 1. The summed E-state index contributed by atoms with van der Waals surface area (Å²) in [4.78, 5) is 16.3. The van der Waals surface area contributed by atoms with Crippen molar-refractivity contribution in [2.24, 2.45) is 11.3 Å². The van der Waals surface area contributed by atoms with Crippen LogP contribution in [-0.2, 0) is 10.2 Å². The van der Waals surface area contributed by atoms with Gasteiger partial charge in [-0.3, -0.25) is 9.69 Å². The third kappa shape index (κ3) is 1.06. The zero-order valence-corrected chi connectivity index (χ0v) is 15.1. The summed E-state index contributed by atoms with van der Waals surface area (Å²) < 4.78 is 11.5. The normalized spacial score (nSPS) is 52.1. The minimum absolute atomic E-state index is 0.0648. The van der Waals surface area contributed by atoms with Crippen LogP contribution in [0.25, 0.3) is 0 Å². The van der Waals surface area contributed by atoms with Crippen LogP contribution in [0.3, 0.4) is 0 Å². The first kappa shape index (κ1) is 14.2. The predicted molar refractivity (Wildman–Crippen MR) is 94.9 cm³/mol. The number of ketones is 1. The van der Waals surface area contributed by atoms with Crippen molar-refractivity contribution >= 4 is 11.5 Å². The Bertz CT molecular complexity index is 979. The van der Waals surface area contributed by atoms with Crippen LogP contribution < -0.4 is 14.8 Å². The fraction of sp³-hybridized carbons (Fsp3) is 0.667. The van der Waals surface area contributed by atoms with Gasteiger partial charge in [-0.05, 0) is 55.7 Å². The molecule has 8 aliphatic rings. The number of carbonyl (C=O) groups is 1. The van der Waals surface area contributed by atoms with E-state index in [-0.39, 0.29) is 29.3 Å². The molecule has 27 heavy (non-hydrogen) atoms. The molecule has 1 aromatic carbocycles. The number of hydrogen-bond donors (Lipinski definition) is 2. The van der Waals surface area contributed by atoms with Crippen LogP contribution in [0.15, 0.2) is 12.1 Å². The molecule has 2 N–H and O–H groups in total. The fourth-order valence-corrected chi connectivity index (χ4v) is 9.11. The second kappa shape index (κ2) is 3.72. The van der Waals surface area contributed by atoms with Crippen molar-refractivity contribution in [1.82, 2.24) is 4.90 Å². The molecule has 4 bridgehead atoms. The van der Waals surface area contributed by atoms with E-state index < -0.39 is 11.1 Å². The molecule has 0 amide bonds. The van der Waals surface area contributed by atoms with Crippen LogP contribution in [-0.4, -0.2) is 52.9 Å². The minimum Gasteiger partial charge on any atom is -0.454 e. The molecule has 6 heteroatoms. The molecule has 2 saturated heterocycles. The van der Waals surface area contributed by atoms with Crippen LogP contribution in [0.5, 0.6) is 11.5 Å². The van der Waals surface area contributed by atoms with E-state index in [4.69, 9.17) is 9.47 Å². The molecule has 4 aliphatic heterocycles. The molecular formula is C21H22N2O4. The Labute approximate surface area is 156 Å². The molecular weight excluding hydrogens is 344 g/mol. The molecule has 1 aromatic rings. The van der Waals surface area contributed by atoms with Gasteiger partial charge in [0.25, 0.3) is 0 Å². The van der Waals surface area contributed by atoms with Gasteiger partial charge in [0.1, 0.15) is 5.60 Å². The average molecular weight is 366 g/mol. The summed E-state index contributed by atoms with van der Waals surface area (Å²) in [6, 6.07) is 4.50. The Morgan fingerprint density at radius 2 is 2.15 bits per heavy atom. The van der Waals surface area contributed by atoms with Gasteiger partial charge in [0.15, 0.2) is 17.3 Å². The first-order valence-corrected chi connectivity index (χ1v) is 10.3. The van der Waals surface area contributed by atoms with E-state index in [1.165, 1.54) is 12.0 Å². The first-order chi connectivity index (χ1) is 13.1. The van der Waals surface area contributed by atoms with Crippen LogP contribution >= 0.6 is 0 Å². The summed E-state index contributed by atoms with van der Waals surface area (Å²) in [5, 5.41) is 15.7. The van der Waals surface area contributed by atoms with Gasteiger partial charge in [0, 0.05) is 18.5 Å². The number of nitrogens with one attached hydrogen (secondary N) is 1. The van der Waals surface area contributed by atoms with Gasteiger partial charge >= 0.3 is 0 Å². The monoisotopic (exact) mass is 366 g/mol. The fourth-order valence-electron chi connectivity index (χ4n) is 9.11. The molecule has 140 valence electrons. The Morgan fingerprint density at radius 1 is 1.22 bits per heavy atom. The van der Waals surface area contributed by atoms with Crippen molar-refractivity contribution in [1.29, 1.82) is 0 Å². The van der Waals surface area contributed by atoms with E-state index in [1.807, 2.05) is 6.07 Å². The van der Waals surface area contributed by atoms with Gasteiger partial charge in [0.05, 0.1) is 16.6 Å². The number of fused-ring (bicyclic) bond motifs is 4. The van der Waals surface area contributed by atoms with E-state index >= 15 is 0 Å².